The molecule has 1 atom stereocenters. The molecule has 7 heteroatoms. The van der Waals surface area contributed by atoms with Gasteiger partial charge in [-0.1, -0.05) is 6.92 Å². The van der Waals surface area contributed by atoms with E-state index in [1.165, 1.54) is 0 Å². The Morgan fingerprint density at radius 1 is 1.47 bits per heavy atom. The second-order valence-corrected chi connectivity index (χ2v) is 6.54. The Morgan fingerprint density at radius 2 is 2.29 bits per heavy atom. The standard InChI is InChI=1S/C10H17N3O3S/c1-2-4-11-6-9-12-13-10(16-9)8-3-5-17(14,15)7-8/h8,11H,2-7H2,1H3. The fourth-order valence-corrected chi connectivity index (χ4v) is 3.60. The molecule has 1 unspecified atom stereocenters. The monoisotopic (exact) mass is 259 g/mol. The summed E-state index contributed by atoms with van der Waals surface area (Å²) >= 11 is 0. The van der Waals surface area contributed by atoms with Crippen molar-refractivity contribution in [3.05, 3.63) is 11.8 Å². The van der Waals surface area contributed by atoms with E-state index in [1.54, 1.807) is 0 Å². The van der Waals surface area contributed by atoms with E-state index in [1.807, 2.05) is 0 Å². The molecule has 2 heterocycles. The van der Waals surface area contributed by atoms with Crippen LogP contribution < -0.4 is 5.32 Å². The summed E-state index contributed by atoms with van der Waals surface area (Å²) in [5, 5.41) is 11.0. The van der Waals surface area contributed by atoms with E-state index < -0.39 is 9.84 Å². The van der Waals surface area contributed by atoms with Gasteiger partial charge in [-0.05, 0) is 19.4 Å². The molecule has 0 aliphatic carbocycles. The van der Waals surface area contributed by atoms with Crippen molar-refractivity contribution in [1.29, 1.82) is 0 Å². The molecule has 2 rings (SSSR count). The van der Waals surface area contributed by atoms with E-state index in [0.29, 0.717) is 24.7 Å². The zero-order valence-corrected chi connectivity index (χ0v) is 10.7. The Balaban J connectivity index is 1.94. The van der Waals surface area contributed by atoms with Gasteiger partial charge in [0.15, 0.2) is 9.84 Å². The van der Waals surface area contributed by atoms with E-state index in [0.717, 1.165) is 13.0 Å². The Bertz CT molecular complexity index is 469. The zero-order chi connectivity index (χ0) is 12.3. The summed E-state index contributed by atoms with van der Waals surface area (Å²) in [6.45, 7) is 3.52. The molecule has 0 spiro atoms. The molecule has 0 radical (unpaired) electrons. The summed E-state index contributed by atoms with van der Waals surface area (Å²) in [6, 6.07) is 0. The first-order valence-corrected chi connectivity index (χ1v) is 7.66. The van der Waals surface area contributed by atoms with Crippen molar-refractivity contribution in [3.63, 3.8) is 0 Å². The second-order valence-electron chi connectivity index (χ2n) is 4.31. The van der Waals surface area contributed by atoms with Gasteiger partial charge in [-0.3, -0.25) is 0 Å². The quantitative estimate of drug-likeness (QED) is 0.774. The summed E-state index contributed by atoms with van der Waals surface area (Å²) in [5.74, 6) is 1.23. The highest BCUT2D eigenvalue weighted by Crippen LogP contribution is 2.27. The minimum Gasteiger partial charge on any atom is -0.424 e. The number of rotatable bonds is 5. The number of nitrogens with one attached hydrogen (secondary N) is 1. The third-order valence-electron chi connectivity index (χ3n) is 2.77. The molecule has 0 bridgehead atoms. The molecule has 17 heavy (non-hydrogen) atoms. The van der Waals surface area contributed by atoms with Crippen LogP contribution in [0.15, 0.2) is 4.42 Å². The lowest BCUT2D eigenvalue weighted by Gasteiger charge is -2.00. The van der Waals surface area contributed by atoms with Crippen LogP contribution in [0.4, 0.5) is 0 Å². The highest BCUT2D eigenvalue weighted by molar-refractivity contribution is 7.91. The summed E-state index contributed by atoms with van der Waals surface area (Å²) in [7, 11) is -2.90. The summed E-state index contributed by atoms with van der Waals surface area (Å²) in [6.07, 6.45) is 1.63. The highest BCUT2D eigenvalue weighted by Gasteiger charge is 2.32. The lowest BCUT2D eigenvalue weighted by Crippen LogP contribution is -2.13. The van der Waals surface area contributed by atoms with Crippen molar-refractivity contribution in [1.82, 2.24) is 15.5 Å². The second kappa shape index (κ2) is 5.14. The molecule has 1 aliphatic rings. The predicted octanol–water partition coefficient (Wildman–Crippen LogP) is 0.471. The molecule has 1 fully saturated rings. The molecule has 6 nitrogen and oxygen atoms in total. The van der Waals surface area contributed by atoms with Gasteiger partial charge in [-0.15, -0.1) is 10.2 Å². The Morgan fingerprint density at radius 3 is 2.94 bits per heavy atom. The van der Waals surface area contributed by atoms with Gasteiger partial charge in [0.1, 0.15) is 0 Å². The van der Waals surface area contributed by atoms with Gasteiger partial charge in [0, 0.05) is 0 Å². The van der Waals surface area contributed by atoms with Gasteiger partial charge in [0.25, 0.3) is 0 Å². The summed E-state index contributed by atoms with van der Waals surface area (Å²) < 4.78 is 28.1. The van der Waals surface area contributed by atoms with Crippen molar-refractivity contribution in [3.8, 4) is 0 Å². The van der Waals surface area contributed by atoms with Crippen molar-refractivity contribution < 1.29 is 12.8 Å². The lowest BCUT2D eigenvalue weighted by atomic mass is 10.1. The van der Waals surface area contributed by atoms with Crippen molar-refractivity contribution >= 4 is 9.84 Å². The molecule has 1 saturated heterocycles. The van der Waals surface area contributed by atoms with Crippen LogP contribution in [0.3, 0.4) is 0 Å². The van der Waals surface area contributed by atoms with Crippen LogP contribution in [0.2, 0.25) is 0 Å². The maximum atomic E-state index is 11.3. The van der Waals surface area contributed by atoms with E-state index in [-0.39, 0.29) is 17.4 Å². The Labute approximate surface area is 101 Å². The van der Waals surface area contributed by atoms with Gasteiger partial charge in [-0.25, -0.2) is 8.42 Å². The topological polar surface area (TPSA) is 85.1 Å². The minimum atomic E-state index is -2.90. The van der Waals surface area contributed by atoms with Gasteiger partial charge >= 0.3 is 0 Å². The van der Waals surface area contributed by atoms with Crippen molar-refractivity contribution in [2.75, 3.05) is 18.1 Å². The van der Waals surface area contributed by atoms with Crippen LogP contribution in [0.5, 0.6) is 0 Å². The molecule has 1 aromatic rings. The minimum absolute atomic E-state index is 0.118. The fourth-order valence-electron chi connectivity index (χ4n) is 1.86. The van der Waals surface area contributed by atoms with E-state index in [9.17, 15) is 8.42 Å². The summed E-state index contributed by atoms with van der Waals surface area (Å²) in [5.41, 5.74) is 0. The first-order valence-electron chi connectivity index (χ1n) is 5.84. The molecule has 1 aliphatic heterocycles. The van der Waals surface area contributed by atoms with Crippen molar-refractivity contribution in [2.24, 2.45) is 0 Å². The number of hydrogen-bond acceptors (Lipinski definition) is 6. The first-order chi connectivity index (χ1) is 8.11. The Kier molecular flexibility index (Phi) is 3.78. The number of hydrogen-bond donors (Lipinski definition) is 1. The highest BCUT2D eigenvalue weighted by atomic mass is 32.2. The zero-order valence-electron chi connectivity index (χ0n) is 9.85. The third-order valence-corrected chi connectivity index (χ3v) is 4.54. The first kappa shape index (κ1) is 12.5. The van der Waals surface area contributed by atoms with E-state index in [4.69, 9.17) is 4.42 Å². The van der Waals surface area contributed by atoms with Crippen molar-refractivity contribution in [2.45, 2.75) is 32.2 Å². The van der Waals surface area contributed by atoms with Gasteiger partial charge < -0.3 is 9.73 Å². The normalized spacial score (nSPS) is 23.0. The smallest absolute Gasteiger partial charge is 0.230 e. The van der Waals surface area contributed by atoms with Crippen LogP contribution in [0.1, 0.15) is 37.5 Å². The molecule has 0 saturated carbocycles. The predicted molar refractivity (Wildman–Crippen MR) is 62.3 cm³/mol. The molecule has 96 valence electrons. The third kappa shape index (κ3) is 3.26. The molecule has 1 N–H and O–H groups in total. The Hall–Kier alpha value is -0.950. The summed E-state index contributed by atoms with van der Waals surface area (Å²) in [4.78, 5) is 0. The molecule has 0 amide bonds. The van der Waals surface area contributed by atoms with Gasteiger partial charge in [-0.2, -0.15) is 0 Å². The number of aromatic nitrogens is 2. The molecule has 0 aromatic carbocycles. The maximum absolute atomic E-state index is 11.3. The van der Waals surface area contributed by atoms with Gasteiger partial charge in [0.05, 0.1) is 24.0 Å². The SMILES string of the molecule is CCCNCc1nnc(C2CCS(=O)(=O)C2)o1. The largest absolute Gasteiger partial charge is 0.424 e. The fraction of sp³-hybridized carbons (Fsp3) is 0.800. The van der Waals surface area contributed by atoms with Crippen LogP contribution in [0.25, 0.3) is 0 Å². The molecular weight excluding hydrogens is 242 g/mol. The van der Waals surface area contributed by atoms with Crippen LogP contribution in [0, 0.1) is 0 Å². The van der Waals surface area contributed by atoms with Gasteiger partial charge in [0.2, 0.25) is 11.8 Å². The van der Waals surface area contributed by atoms with E-state index in [2.05, 4.69) is 22.4 Å². The number of sulfone groups is 1. The number of nitrogens with zero attached hydrogens (tertiary/aromatic N) is 2. The average Bonchev–Trinajstić information content (AvgIpc) is 2.85. The van der Waals surface area contributed by atoms with Crippen LogP contribution in [-0.4, -0.2) is 36.7 Å². The molecule has 1 aromatic heterocycles. The van der Waals surface area contributed by atoms with E-state index >= 15 is 0 Å². The molecular formula is C10H17N3O3S. The van der Waals surface area contributed by atoms with Crippen LogP contribution >= 0.6 is 0 Å². The average molecular weight is 259 g/mol. The van der Waals surface area contributed by atoms with Crippen LogP contribution in [-0.2, 0) is 16.4 Å². The maximum Gasteiger partial charge on any atom is 0.230 e. The lowest BCUT2D eigenvalue weighted by molar-refractivity contribution is 0.412.